The van der Waals surface area contributed by atoms with E-state index in [4.69, 9.17) is 9.84 Å². The molecular weight excluding hydrogens is 296 g/mol. The average molecular weight is 314 g/mol. The first-order valence-electron chi connectivity index (χ1n) is 7.10. The van der Waals surface area contributed by atoms with Crippen LogP contribution in [0.25, 0.3) is 0 Å². The van der Waals surface area contributed by atoms with Crippen molar-refractivity contribution in [3.63, 3.8) is 0 Å². The Morgan fingerprint density at radius 1 is 1.09 bits per heavy atom. The van der Waals surface area contributed by atoms with Crippen molar-refractivity contribution in [1.29, 1.82) is 0 Å². The lowest BCUT2D eigenvalue weighted by atomic mass is 10.1. The number of phenols is 1. The summed E-state index contributed by atoms with van der Waals surface area (Å²) in [7, 11) is 0. The number of esters is 2. The van der Waals surface area contributed by atoms with Gasteiger partial charge in [-0.25, -0.2) is 9.59 Å². The molecule has 0 aromatic heterocycles. The maximum atomic E-state index is 11.4. The molecule has 3 rings (SSSR count). The summed E-state index contributed by atoms with van der Waals surface area (Å²) >= 11 is 0. The fraction of sp³-hybridized carbons (Fsp3) is 0.222. The first-order valence-corrected chi connectivity index (χ1v) is 7.10. The minimum absolute atomic E-state index is 0.117. The Balaban J connectivity index is 0.000000172. The van der Waals surface area contributed by atoms with Crippen molar-refractivity contribution in [2.75, 3.05) is 0 Å². The molecule has 0 aliphatic carbocycles. The molecule has 120 valence electrons. The molecule has 0 spiro atoms. The molecule has 23 heavy (non-hydrogen) atoms. The van der Waals surface area contributed by atoms with Crippen molar-refractivity contribution >= 4 is 11.9 Å². The monoisotopic (exact) mass is 314 g/mol. The van der Waals surface area contributed by atoms with E-state index < -0.39 is 5.60 Å². The van der Waals surface area contributed by atoms with Gasteiger partial charge in [0.25, 0.3) is 0 Å². The van der Waals surface area contributed by atoms with E-state index in [0.717, 1.165) is 0 Å². The summed E-state index contributed by atoms with van der Waals surface area (Å²) in [6.45, 7) is 5.56. The lowest BCUT2D eigenvalue weighted by Gasteiger charge is -2.19. The number of ether oxygens (including phenoxy) is 2. The van der Waals surface area contributed by atoms with Crippen molar-refractivity contribution < 1.29 is 24.2 Å². The lowest BCUT2D eigenvalue weighted by Crippen LogP contribution is -2.23. The normalized spacial score (nSPS) is 12.0. The van der Waals surface area contributed by atoms with Gasteiger partial charge in [0, 0.05) is 6.07 Å². The van der Waals surface area contributed by atoms with E-state index in [1.807, 2.05) is 39.0 Å². The molecule has 1 aliphatic heterocycles. The van der Waals surface area contributed by atoms with Crippen molar-refractivity contribution in [1.82, 2.24) is 0 Å². The third-order valence-corrected chi connectivity index (χ3v) is 2.80. The number of phenolic OH excluding ortho intramolecular Hbond substituents is 1. The Bertz CT molecular complexity index is 714. The zero-order chi connectivity index (χ0) is 17.0. The minimum Gasteiger partial charge on any atom is -0.508 e. The third-order valence-electron chi connectivity index (χ3n) is 2.80. The van der Waals surface area contributed by atoms with Crippen LogP contribution in [0.1, 0.15) is 41.5 Å². The van der Waals surface area contributed by atoms with Crippen LogP contribution in [0, 0.1) is 0 Å². The van der Waals surface area contributed by atoms with Crippen LogP contribution in [0.4, 0.5) is 0 Å². The number of carbonyl (C=O) groups excluding carboxylic acids is 2. The van der Waals surface area contributed by atoms with Crippen LogP contribution in [0.2, 0.25) is 0 Å². The van der Waals surface area contributed by atoms with Gasteiger partial charge in [0.05, 0.1) is 5.56 Å². The second-order valence-corrected chi connectivity index (χ2v) is 5.94. The molecule has 0 atom stereocenters. The van der Waals surface area contributed by atoms with E-state index in [0.29, 0.717) is 16.9 Å². The molecule has 0 bridgehead atoms. The van der Waals surface area contributed by atoms with E-state index in [9.17, 15) is 9.59 Å². The predicted molar refractivity (Wildman–Crippen MR) is 84.7 cm³/mol. The van der Waals surface area contributed by atoms with Gasteiger partial charge in [-0.3, -0.25) is 0 Å². The largest absolute Gasteiger partial charge is 0.508 e. The highest BCUT2D eigenvalue weighted by Crippen LogP contribution is 2.31. The Labute approximate surface area is 134 Å². The van der Waals surface area contributed by atoms with Gasteiger partial charge in [-0.2, -0.15) is 0 Å². The smallest absolute Gasteiger partial charge is 0.347 e. The number of rotatable bonds is 1. The first-order chi connectivity index (χ1) is 10.8. The lowest BCUT2D eigenvalue weighted by molar-refractivity contribution is 0.00693. The van der Waals surface area contributed by atoms with Crippen LogP contribution in [-0.4, -0.2) is 22.6 Å². The molecule has 0 unspecified atom stereocenters. The summed E-state index contributed by atoms with van der Waals surface area (Å²) in [5, 5.41) is 8.87. The topological polar surface area (TPSA) is 72.8 Å². The summed E-state index contributed by atoms with van der Waals surface area (Å²) in [4.78, 5) is 22.0. The standard InChI is InChI=1S/C11H14O2.C7H4O3/c1-11(2,3)13-10(12)9-7-5-4-6-8-9;8-4-1-2-5-6(3-4)10-7(5)9/h4-8H,1-3H3;1-3,8H. The average Bonchev–Trinajstić information content (AvgIpc) is 2.46. The molecule has 0 saturated heterocycles. The highest BCUT2D eigenvalue weighted by molar-refractivity contribution is 6.01. The number of hydrogen-bond acceptors (Lipinski definition) is 5. The number of fused-ring (bicyclic) bond motifs is 1. The van der Waals surface area contributed by atoms with E-state index in [-0.39, 0.29) is 17.7 Å². The highest BCUT2D eigenvalue weighted by Gasteiger charge is 2.25. The van der Waals surface area contributed by atoms with Crippen molar-refractivity contribution in [2.45, 2.75) is 26.4 Å². The summed E-state index contributed by atoms with van der Waals surface area (Å²) in [5.41, 5.74) is 0.711. The Kier molecular flexibility index (Phi) is 4.69. The highest BCUT2D eigenvalue weighted by atomic mass is 16.6. The molecule has 2 aromatic rings. The van der Waals surface area contributed by atoms with E-state index in [2.05, 4.69) is 4.74 Å². The molecule has 1 heterocycles. The van der Waals surface area contributed by atoms with E-state index in [1.165, 1.54) is 18.2 Å². The Hall–Kier alpha value is -2.82. The maximum absolute atomic E-state index is 11.4. The Morgan fingerprint density at radius 2 is 1.74 bits per heavy atom. The number of aromatic hydroxyl groups is 1. The van der Waals surface area contributed by atoms with Crippen LogP contribution in [0.15, 0.2) is 48.5 Å². The quantitative estimate of drug-likeness (QED) is 0.815. The van der Waals surface area contributed by atoms with Crippen LogP contribution in [0.3, 0.4) is 0 Å². The molecule has 0 saturated carbocycles. The van der Waals surface area contributed by atoms with Gasteiger partial charge < -0.3 is 14.6 Å². The molecule has 2 aromatic carbocycles. The fourth-order valence-corrected chi connectivity index (χ4v) is 1.78. The van der Waals surface area contributed by atoms with Gasteiger partial charge in [-0.15, -0.1) is 0 Å². The van der Waals surface area contributed by atoms with Crippen molar-refractivity contribution in [3.05, 3.63) is 59.7 Å². The van der Waals surface area contributed by atoms with Crippen molar-refractivity contribution in [3.8, 4) is 11.5 Å². The fourth-order valence-electron chi connectivity index (χ4n) is 1.78. The van der Waals surface area contributed by atoms with Crippen LogP contribution in [-0.2, 0) is 4.74 Å². The van der Waals surface area contributed by atoms with Crippen LogP contribution >= 0.6 is 0 Å². The molecule has 0 radical (unpaired) electrons. The zero-order valence-electron chi connectivity index (χ0n) is 13.2. The molecule has 1 aliphatic rings. The number of benzene rings is 2. The first kappa shape index (κ1) is 16.5. The van der Waals surface area contributed by atoms with Gasteiger partial charge in [-0.05, 0) is 45.0 Å². The summed E-state index contributed by atoms with van der Waals surface area (Å²) in [6.07, 6.45) is 0. The summed E-state index contributed by atoms with van der Waals surface area (Å²) in [5.74, 6) is -0.0145. The van der Waals surface area contributed by atoms with Gasteiger partial charge >= 0.3 is 11.9 Å². The SMILES string of the molecule is CC(C)(C)OC(=O)c1ccccc1.O=C1Oc2cc(O)ccc21. The molecule has 0 fully saturated rings. The van der Waals surface area contributed by atoms with E-state index >= 15 is 0 Å². The van der Waals surface area contributed by atoms with Gasteiger partial charge in [0.2, 0.25) is 0 Å². The van der Waals surface area contributed by atoms with Crippen molar-refractivity contribution in [2.24, 2.45) is 0 Å². The Morgan fingerprint density at radius 3 is 2.26 bits per heavy atom. The number of carbonyl (C=O) groups is 2. The third kappa shape index (κ3) is 4.57. The second kappa shape index (κ2) is 6.52. The van der Waals surface area contributed by atoms with Gasteiger partial charge in [0.15, 0.2) is 0 Å². The summed E-state index contributed by atoms with van der Waals surface area (Å²) < 4.78 is 9.75. The molecule has 0 amide bonds. The van der Waals surface area contributed by atoms with Gasteiger partial charge in [0.1, 0.15) is 22.7 Å². The molecule has 1 N–H and O–H groups in total. The predicted octanol–water partition coefficient (Wildman–Crippen LogP) is 3.57. The minimum atomic E-state index is -0.424. The van der Waals surface area contributed by atoms with Crippen LogP contribution in [0.5, 0.6) is 11.5 Å². The zero-order valence-corrected chi connectivity index (χ0v) is 13.2. The summed E-state index contributed by atoms with van der Waals surface area (Å²) in [6, 6.07) is 13.4. The van der Waals surface area contributed by atoms with Crippen LogP contribution < -0.4 is 4.74 Å². The molecular formula is C18H18O5. The van der Waals surface area contributed by atoms with Gasteiger partial charge in [-0.1, -0.05) is 18.2 Å². The van der Waals surface area contributed by atoms with E-state index in [1.54, 1.807) is 12.1 Å². The maximum Gasteiger partial charge on any atom is 0.347 e. The molecule has 5 nitrogen and oxygen atoms in total. The number of hydrogen-bond donors (Lipinski definition) is 1. The molecule has 5 heteroatoms. The second-order valence-electron chi connectivity index (χ2n) is 5.94.